The van der Waals surface area contributed by atoms with Crippen molar-refractivity contribution in [2.75, 3.05) is 23.1 Å². The molecule has 4 rings (SSSR count). The van der Waals surface area contributed by atoms with Gasteiger partial charge in [-0.25, -0.2) is 8.42 Å². The summed E-state index contributed by atoms with van der Waals surface area (Å²) < 4.78 is 24.4. The highest BCUT2D eigenvalue weighted by atomic mass is 32.2. The Balaban J connectivity index is 1.66. The number of rotatable bonds is 2. The Bertz CT molecular complexity index is 972. The average molecular weight is 370 g/mol. The fraction of sp³-hybridized carbons (Fsp3) is 0.263. The second-order valence-corrected chi connectivity index (χ2v) is 8.64. The number of fused-ring (bicyclic) bond motifs is 1. The van der Waals surface area contributed by atoms with E-state index >= 15 is 0 Å². The van der Waals surface area contributed by atoms with Gasteiger partial charge in [-0.05, 0) is 30.2 Å². The van der Waals surface area contributed by atoms with Crippen molar-refractivity contribution < 1.29 is 18.0 Å². The summed E-state index contributed by atoms with van der Waals surface area (Å²) in [5, 5.41) is 0. The zero-order chi connectivity index (χ0) is 18.3. The van der Waals surface area contributed by atoms with Crippen molar-refractivity contribution in [3.8, 4) is 0 Å². The molecule has 0 radical (unpaired) electrons. The minimum atomic E-state index is -3.49. The van der Waals surface area contributed by atoms with E-state index in [1.54, 1.807) is 35.2 Å². The largest absolute Gasteiger partial charge is 0.311 e. The Hall–Kier alpha value is -2.67. The van der Waals surface area contributed by atoms with E-state index in [-0.39, 0.29) is 11.7 Å². The van der Waals surface area contributed by atoms with Gasteiger partial charge in [0, 0.05) is 17.8 Å². The Morgan fingerprint density at radius 3 is 2.42 bits per heavy atom. The molecule has 0 N–H and O–H groups in total. The average Bonchev–Trinajstić information content (AvgIpc) is 3.22. The molecule has 2 heterocycles. The molecular formula is C19H18N2O4S. The molecule has 1 fully saturated rings. The lowest BCUT2D eigenvalue weighted by Crippen LogP contribution is -2.48. The van der Waals surface area contributed by atoms with Gasteiger partial charge in [0.25, 0.3) is 11.8 Å². The van der Waals surface area contributed by atoms with E-state index < -0.39 is 27.7 Å². The quantitative estimate of drug-likeness (QED) is 0.802. The highest BCUT2D eigenvalue weighted by Crippen LogP contribution is 2.30. The number of carbonyl (C=O) groups is 2. The number of hydrogen-bond acceptors (Lipinski definition) is 4. The first-order chi connectivity index (χ1) is 12.5. The molecule has 2 aromatic carbocycles. The summed E-state index contributed by atoms with van der Waals surface area (Å²) in [5.74, 6) is -1.52. The monoisotopic (exact) mass is 370 g/mol. The molecule has 0 spiro atoms. The highest BCUT2D eigenvalue weighted by molar-refractivity contribution is 7.91. The van der Waals surface area contributed by atoms with Crippen molar-refractivity contribution in [1.82, 2.24) is 4.90 Å². The van der Waals surface area contributed by atoms with Gasteiger partial charge < -0.3 is 9.80 Å². The van der Waals surface area contributed by atoms with Crippen LogP contribution in [-0.4, -0.2) is 49.3 Å². The smallest absolute Gasteiger partial charge is 0.255 e. The number of para-hydroxylation sites is 1. The lowest BCUT2D eigenvalue weighted by Gasteiger charge is -2.27. The summed E-state index contributed by atoms with van der Waals surface area (Å²) in [6.07, 6.45) is 0.730. The zero-order valence-corrected chi connectivity index (χ0v) is 14.9. The van der Waals surface area contributed by atoms with Crippen LogP contribution in [0.3, 0.4) is 0 Å². The Kier molecular flexibility index (Phi) is 4.03. The first-order valence-electron chi connectivity index (χ1n) is 8.42. The Labute approximate surface area is 151 Å². The molecule has 26 heavy (non-hydrogen) atoms. The third-order valence-electron chi connectivity index (χ3n) is 4.84. The van der Waals surface area contributed by atoms with Crippen molar-refractivity contribution in [1.29, 1.82) is 0 Å². The highest BCUT2D eigenvalue weighted by Gasteiger charge is 2.45. The van der Waals surface area contributed by atoms with Gasteiger partial charge >= 0.3 is 0 Å². The fourth-order valence-electron chi connectivity index (χ4n) is 3.58. The molecule has 0 saturated carbocycles. The molecule has 0 aliphatic carbocycles. The molecule has 0 aromatic heterocycles. The van der Waals surface area contributed by atoms with Crippen molar-refractivity contribution in [3.05, 3.63) is 65.7 Å². The van der Waals surface area contributed by atoms with Crippen LogP contribution in [-0.2, 0) is 21.1 Å². The zero-order valence-electron chi connectivity index (χ0n) is 14.0. The fourth-order valence-corrected chi connectivity index (χ4v) is 5.21. The predicted octanol–water partition coefficient (Wildman–Crippen LogP) is 1.47. The summed E-state index contributed by atoms with van der Waals surface area (Å²) in [4.78, 5) is 28.7. The number of amides is 2. The molecule has 6 nitrogen and oxygen atoms in total. The van der Waals surface area contributed by atoms with Gasteiger partial charge in [0.2, 0.25) is 0 Å². The van der Waals surface area contributed by atoms with Crippen LogP contribution >= 0.6 is 0 Å². The second kappa shape index (κ2) is 6.25. The van der Waals surface area contributed by atoms with Crippen LogP contribution in [0.4, 0.5) is 5.69 Å². The standard InChI is InChI=1S/C19H18N2O4S/c22-18(15-7-2-1-3-8-15)21-13-26(24,25)12-17(21)19(23)20-11-10-14-6-4-5-9-16(14)20/h1-9,17H,10-13H2/t17-/m1/s1. The Morgan fingerprint density at radius 1 is 0.962 bits per heavy atom. The van der Waals surface area contributed by atoms with Crippen molar-refractivity contribution in [2.24, 2.45) is 0 Å². The molecular weight excluding hydrogens is 352 g/mol. The van der Waals surface area contributed by atoms with E-state index in [0.29, 0.717) is 12.1 Å². The lowest BCUT2D eigenvalue weighted by molar-refractivity contribution is -0.121. The van der Waals surface area contributed by atoms with Crippen LogP contribution in [0.15, 0.2) is 54.6 Å². The number of sulfone groups is 1. The van der Waals surface area contributed by atoms with E-state index in [1.165, 1.54) is 4.90 Å². The number of anilines is 1. The van der Waals surface area contributed by atoms with Crippen LogP contribution in [0.25, 0.3) is 0 Å². The summed E-state index contributed by atoms with van der Waals surface area (Å²) in [6.45, 7) is 0.502. The van der Waals surface area contributed by atoms with Gasteiger partial charge in [0.05, 0.1) is 5.75 Å². The molecule has 2 amide bonds. The van der Waals surface area contributed by atoms with Gasteiger partial charge in [-0.15, -0.1) is 0 Å². The first-order valence-corrected chi connectivity index (χ1v) is 10.2. The third-order valence-corrected chi connectivity index (χ3v) is 6.34. The molecule has 2 aliphatic heterocycles. The minimum absolute atomic E-state index is 0.330. The maximum absolute atomic E-state index is 13.1. The summed E-state index contributed by atoms with van der Waals surface area (Å²) in [5.41, 5.74) is 2.24. The van der Waals surface area contributed by atoms with Crippen LogP contribution in [0.2, 0.25) is 0 Å². The summed E-state index contributed by atoms with van der Waals surface area (Å²) in [7, 11) is -3.49. The van der Waals surface area contributed by atoms with E-state index in [2.05, 4.69) is 0 Å². The number of nitrogens with zero attached hydrogens (tertiary/aromatic N) is 2. The van der Waals surface area contributed by atoms with Crippen molar-refractivity contribution in [2.45, 2.75) is 12.5 Å². The van der Waals surface area contributed by atoms with Crippen molar-refractivity contribution in [3.63, 3.8) is 0 Å². The van der Waals surface area contributed by atoms with E-state index in [4.69, 9.17) is 0 Å². The number of carbonyl (C=O) groups excluding carboxylic acids is 2. The molecule has 2 aromatic rings. The van der Waals surface area contributed by atoms with E-state index in [1.807, 2.05) is 24.3 Å². The molecule has 2 aliphatic rings. The van der Waals surface area contributed by atoms with Gasteiger partial charge in [0.1, 0.15) is 11.9 Å². The predicted molar refractivity (Wildman–Crippen MR) is 97.6 cm³/mol. The molecule has 7 heteroatoms. The van der Waals surface area contributed by atoms with Gasteiger partial charge in [-0.3, -0.25) is 9.59 Å². The van der Waals surface area contributed by atoms with Crippen LogP contribution in [0.1, 0.15) is 15.9 Å². The van der Waals surface area contributed by atoms with Crippen molar-refractivity contribution >= 4 is 27.3 Å². The maximum Gasteiger partial charge on any atom is 0.255 e. The molecule has 1 atom stereocenters. The van der Waals surface area contributed by atoms with Crippen LogP contribution in [0.5, 0.6) is 0 Å². The van der Waals surface area contributed by atoms with E-state index in [0.717, 1.165) is 17.7 Å². The maximum atomic E-state index is 13.1. The summed E-state index contributed by atoms with van der Waals surface area (Å²) in [6, 6.07) is 15.0. The topological polar surface area (TPSA) is 74.8 Å². The SMILES string of the molecule is O=C([C@H]1CS(=O)(=O)CN1C(=O)c1ccccc1)N1CCc2ccccc21. The lowest BCUT2D eigenvalue weighted by atomic mass is 10.1. The van der Waals surface area contributed by atoms with Gasteiger partial charge in [0.15, 0.2) is 9.84 Å². The minimum Gasteiger partial charge on any atom is -0.311 e. The molecule has 0 bridgehead atoms. The van der Waals surface area contributed by atoms with Gasteiger partial charge in [-0.1, -0.05) is 36.4 Å². The van der Waals surface area contributed by atoms with Crippen LogP contribution < -0.4 is 4.90 Å². The van der Waals surface area contributed by atoms with E-state index in [9.17, 15) is 18.0 Å². The number of hydrogen-bond donors (Lipinski definition) is 0. The second-order valence-electron chi connectivity index (χ2n) is 6.56. The molecule has 0 unspecified atom stereocenters. The van der Waals surface area contributed by atoms with Crippen LogP contribution in [0, 0.1) is 0 Å². The third kappa shape index (κ3) is 2.88. The summed E-state index contributed by atoms with van der Waals surface area (Å²) >= 11 is 0. The molecule has 134 valence electrons. The van der Waals surface area contributed by atoms with Gasteiger partial charge in [-0.2, -0.15) is 0 Å². The molecule has 1 saturated heterocycles. The number of benzene rings is 2. The normalized spacial score (nSPS) is 20.8. The Morgan fingerprint density at radius 2 is 1.65 bits per heavy atom. The first kappa shape index (κ1) is 16.8.